The SMILES string of the molecule is CC1(C)CCCC(C)(C)N1OSC(=S)c1ccccc1. The quantitative estimate of drug-likeness (QED) is 0.576. The van der Waals surface area contributed by atoms with E-state index in [1.54, 1.807) is 0 Å². The first-order chi connectivity index (χ1) is 9.33. The monoisotopic (exact) mass is 309 g/mol. The van der Waals surface area contributed by atoms with Crippen LogP contribution in [0.15, 0.2) is 30.3 Å². The van der Waals surface area contributed by atoms with E-state index in [1.807, 2.05) is 30.3 Å². The minimum atomic E-state index is 0.0427. The number of rotatable bonds is 3. The Labute approximate surface area is 132 Å². The van der Waals surface area contributed by atoms with Crippen LogP contribution in [-0.4, -0.2) is 20.3 Å². The summed E-state index contributed by atoms with van der Waals surface area (Å²) in [6.45, 7) is 8.94. The fourth-order valence-electron chi connectivity index (χ4n) is 2.87. The van der Waals surface area contributed by atoms with Gasteiger partial charge in [0.05, 0.1) is 12.0 Å². The van der Waals surface area contributed by atoms with E-state index >= 15 is 0 Å². The normalized spacial score (nSPS) is 21.6. The fraction of sp³-hybridized carbons (Fsp3) is 0.562. The van der Waals surface area contributed by atoms with Crippen molar-refractivity contribution in [3.8, 4) is 0 Å². The van der Waals surface area contributed by atoms with E-state index in [4.69, 9.17) is 16.5 Å². The Hall–Kier alpha value is -0.420. The number of nitrogens with zero attached hydrogens (tertiary/aromatic N) is 1. The molecule has 0 spiro atoms. The molecule has 0 atom stereocenters. The number of hydroxylamine groups is 2. The van der Waals surface area contributed by atoms with Crippen molar-refractivity contribution in [2.75, 3.05) is 0 Å². The molecule has 1 heterocycles. The molecule has 0 bridgehead atoms. The third-order valence-electron chi connectivity index (χ3n) is 3.87. The van der Waals surface area contributed by atoms with Gasteiger partial charge >= 0.3 is 0 Å². The molecule has 1 aromatic rings. The first kappa shape index (κ1) is 16.0. The van der Waals surface area contributed by atoms with Crippen LogP contribution in [0.4, 0.5) is 0 Å². The van der Waals surface area contributed by atoms with Crippen LogP contribution in [0, 0.1) is 0 Å². The van der Waals surface area contributed by atoms with Crippen molar-refractivity contribution in [3.63, 3.8) is 0 Å². The van der Waals surface area contributed by atoms with Gasteiger partial charge in [-0.1, -0.05) is 42.5 Å². The third kappa shape index (κ3) is 3.61. The van der Waals surface area contributed by atoms with E-state index in [1.165, 1.54) is 18.5 Å². The maximum atomic E-state index is 6.04. The summed E-state index contributed by atoms with van der Waals surface area (Å²) >= 11 is 6.75. The van der Waals surface area contributed by atoms with Gasteiger partial charge < -0.3 is 0 Å². The minimum absolute atomic E-state index is 0.0427. The zero-order valence-corrected chi connectivity index (χ0v) is 14.3. The number of benzene rings is 1. The van der Waals surface area contributed by atoms with Crippen molar-refractivity contribution < 1.29 is 4.28 Å². The molecule has 1 fully saturated rings. The molecule has 0 aliphatic carbocycles. The summed E-state index contributed by atoms with van der Waals surface area (Å²) in [6, 6.07) is 10.0. The number of hydrogen-bond donors (Lipinski definition) is 0. The van der Waals surface area contributed by atoms with Crippen LogP contribution in [0.25, 0.3) is 0 Å². The third-order valence-corrected chi connectivity index (χ3v) is 4.92. The van der Waals surface area contributed by atoms with Crippen molar-refractivity contribution in [2.24, 2.45) is 0 Å². The fourth-order valence-corrected chi connectivity index (χ4v) is 3.88. The number of piperidine rings is 1. The van der Waals surface area contributed by atoms with E-state index in [0.717, 1.165) is 22.6 Å². The first-order valence-electron chi connectivity index (χ1n) is 7.07. The molecule has 0 amide bonds. The molecular weight excluding hydrogens is 286 g/mol. The van der Waals surface area contributed by atoms with Crippen LogP contribution in [0.2, 0.25) is 0 Å². The molecule has 1 aliphatic heterocycles. The molecule has 0 aromatic heterocycles. The lowest BCUT2D eigenvalue weighted by Gasteiger charge is -2.50. The molecule has 2 nitrogen and oxygen atoms in total. The molecule has 110 valence electrons. The highest BCUT2D eigenvalue weighted by Crippen LogP contribution is 2.40. The van der Waals surface area contributed by atoms with Crippen molar-refractivity contribution in [1.82, 2.24) is 5.06 Å². The molecular formula is C16H23NOS2. The van der Waals surface area contributed by atoms with E-state index in [9.17, 15) is 0 Å². The Morgan fingerprint density at radius 1 is 1.10 bits per heavy atom. The molecule has 0 N–H and O–H groups in total. The number of thiocarbonyl (C=S) groups is 1. The average Bonchev–Trinajstić information content (AvgIpc) is 2.37. The molecule has 20 heavy (non-hydrogen) atoms. The van der Waals surface area contributed by atoms with E-state index < -0.39 is 0 Å². The van der Waals surface area contributed by atoms with Gasteiger partial charge in [-0.3, -0.25) is 0 Å². The summed E-state index contributed by atoms with van der Waals surface area (Å²) in [6.07, 6.45) is 3.54. The molecule has 4 heteroatoms. The van der Waals surface area contributed by atoms with E-state index in [0.29, 0.717) is 0 Å². The Kier molecular flexibility index (Phi) is 4.90. The summed E-state index contributed by atoms with van der Waals surface area (Å²) in [5.74, 6) is 0. The predicted molar refractivity (Wildman–Crippen MR) is 90.7 cm³/mol. The Balaban J connectivity index is 2.03. The predicted octanol–water partition coefficient (Wildman–Crippen LogP) is 4.99. The van der Waals surface area contributed by atoms with Crippen LogP contribution in [-0.2, 0) is 4.28 Å². The molecule has 1 aliphatic rings. The largest absolute Gasteiger partial charge is 0.222 e. The van der Waals surface area contributed by atoms with Gasteiger partial charge in [0.2, 0.25) is 0 Å². The lowest BCUT2D eigenvalue weighted by molar-refractivity contribution is -0.205. The van der Waals surface area contributed by atoms with Gasteiger partial charge in [0.15, 0.2) is 0 Å². The highest BCUT2D eigenvalue weighted by molar-refractivity contribution is 8.20. The van der Waals surface area contributed by atoms with Crippen LogP contribution >= 0.6 is 24.3 Å². The van der Waals surface area contributed by atoms with Gasteiger partial charge in [-0.05, 0) is 47.0 Å². The van der Waals surface area contributed by atoms with E-state index in [-0.39, 0.29) is 11.1 Å². The highest BCUT2D eigenvalue weighted by Gasteiger charge is 2.43. The zero-order valence-electron chi connectivity index (χ0n) is 12.7. The lowest BCUT2D eigenvalue weighted by atomic mass is 9.82. The summed E-state index contributed by atoms with van der Waals surface area (Å²) in [5.41, 5.74) is 1.13. The van der Waals surface area contributed by atoms with Crippen molar-refractivity contribution >= 4 is 28.5 Å². The smallest absolute Gasteiger partial charge is 0.107 e. The summed E-state index contributed by atoms with van der Waals surface area (Å²) in [4.78, 5) is 0. The average molecular weight is 310 g/mol. The van der Waals surface area contributed by atoms with Gasteiger partial charge in [0.1, 0.15) is 4.20 Å². The zero-order chi connectivity index (χ0) is 14.8. The molecule has 0 saturated carbocycles. The Bertz CT molecular complexity index is 455. The standard InChI is InChI=1S/C16H23NOS2/c1-15(2)11-8-12-16(3,4)17(15)18-20-14(19)13-9-6-5-7-10-13/h5-7,9-10H,8,11-12H2,1-4H3. The van der Waals surface area contributed by atoms with Crippen LogP contribution < -0.4 is 0 Å². The topological polar surface area (TPSA) is 12.5 Å². The number of hydrogen-bond acceptors (Lipinski definition) is 4. The maximum absolute atomic E-state index is 6.04. The van der Waals surface area contributed by atoms with Crippen molar-refractivity contribution in [2.45, 2.75) is 58.0 Å². The second kappa shape index (κ2) is 6.14. The molecule has 0 radical (unpaired) electrons. The minimum Gasteiger partial charge on any atom is -0.222 e. The Morgan fingerprint density at radius 3 is 2.20 bits per heavy atom. The van der Waals surface area contributed by atoms with Gasteiger partial charge in [-0.2, -0.15) is 5.06 Å². The summed E-state index contributed by atoms with van der Waals surface area (Å²) in [5, 5.41) is 2.13. The van der Waals surface area contributed by atoms with Crippen LogP contribution in [0.1, 0.15) is 52.5 Å². The maximum Gasteiger partial charge on any atom is 0.107 e. The molecule has 0 unspecified atom stereocenters. The summed E-state index contributed by atoms with van der Waals surface area (Å²) in [7, 11) is 0. The second-order valence-electron chi connectivity index (χ2n) is 6.58. The van der Waals surface area contributed by atoms with Crippen LogP contribution in [0.3, 0.4) is 0 Å². The van der Waals surface area contributed by atoms with Gasteiger partial charge in [-0.25, -0.2) is 4.28 Å². The van der Waals surface area contributed by atoms with Crippen LogP contribution in [0.5, 0.6) is 0 Å². The Morgan fingerprint density at radius 2 is 1.65 bits per heavy atom. The highest BCUT2D eigenvalue weighted by atomic mass is 32.2. The first-order valence-corrected chi connectivity index (χ1v) is 8.22. The van der Waals surface area contributed by atoms with E-state index in [2.05, 4.69) is 32.8 Å². The van der Waals surface area contributed by atoms with Crippen molar-refractivity contribution in [3.05, 3.63) is 35.9 Å². The molecule has 2 rings (SSSR count). The van der Waals surface area contributed by atoms with Gasteiger partial charge in [-0.15, -0.1) is 0 Å². The summed E-state index contributed by atoms with van der Waals surface area (Å²) < 4.78 is 6.82. The van der Waals surface area contributed by atoms with Gasteiger partial charge in [0.25, 0.3) is 0 Å². The molecule has 1 aromatic carbocycles. The second-order valence-corrected chi connectivity index (χ2v) is 7.97. The molecule has 1 saturated heterocycles. The van der Waals surface area contributed by atoms with Gasteiger partial charge in [0, 0.05) is 16.6 Å². The van der Waals surface area contributed by atoms with Crippen molar-refractivity contribution in [1.29, 1.82) is 0 Å². The lowest BCUT2D eigenvalue weighted by Crippen LogP contribution is -2.57.